The first kappa shape index (κ1) is 16.0. The van der Waals surface area contributed by atoms with Gasteiger partial charge in [0.05, 0.1) is 12.2 Å². The number of amides is 1. The number of rotatable bonds is 5. The maximum Gasteiger partial charge on any atom is 0.222 e. The van der Waals surface area contributed by atoms with Gasteiger partial charge < -0.3 is 4.90 Å². The molecule has 0 aliphatic carbocycles. The number of piperazine rings is 1. The summed E-state index contributed by atoms with van der Waals surface area (Å²) in [5, 5.41) is 4.50. The quantitative estimate of drug-likeness (QED) is 0.829. The molecule has 5 nitrogen and oxygen atoms in total. The lowest BCUT2D eigenvalue weighted by atomic mass is 10.1. The first-order valence-electron chi connectivity index (χ1n) is 7.97. The Kier molecular flexibility index (Phi) is 5.39. The van der Waals surface area contributed by atoms with Gasteiger partial charge in [-0.2, -0.15) is 5.10 Å². The number of carbonyl (C=O) groups excluding carboxylic acids is 1. The van der Waals surface area contributed by atoms with E-state index in [0.29, 0.717) is 18.2 Å². The molecule has 1 aliphatic heterocycles. The molecule has 5 heteroatoms. The molecule has 1 aliphatic rings. The van der Waals surface area contributed by atoms with Crippen LogP contribution in [0.25, 0.3) is 0 Å². The fourth-order valence-electron chi connectivity index (χ4n) is 2.84. The number of hydrogen-bond acceptors (Lipinski definition) is 3. The molecule has 1 amide bonds. The largest absolute Gasteiger partial charge is 0.340 e. The van der Waals surface area contributed by atoms with Crippen molar-refractivity contribution in [1.29, 1.82) is 0 Å². The zero-order valence-electron chi connectivity index (χ0n) is 13.8. The Hall–Kier alpha value is -1.36. The van der Waals surface area contributed by atoms with Crippen LogP contribution in [-0.4, -0.2) is 58.2 Å². The van der Waals surface area contributed by atoms with Crippen LogP contribution in [0.2, 0.25) is 0 Å². The Bertz CT molecular complexity index is 473. The van der Waals surface area contributed by atoms with E-state index < -0.39 is 0 Å². The van der Waals surface area contributed by atoms with Crippen LogP contribution in [0.4, 0.5) is 0 Å². The topological polar surface area (TPSA) is 41.4 Å². The molecule has 2 heterocycles. The van der Waals surface area contributed by atoms with Gasteiger partial charge in [0.25, 0.3) is 0 Å². The summed E-state index contributed by atoms with van der Waals surface area (Å²) in [4.78, 5) is 16.5. The SMILES string of the molecule is Cc1cc(C)n(CCN2CCN(C(=O)CC(C)C)CC2)n1. The molecule has 0 unspecified atom stereocenters. The summed E-state index contributed by atoms with van der Waals surface area (Å²) >= 11 is 0. The van der Waals surface area contributed by atoms with Crippen LogP contribution in [0.3, 0.4) is 0 Å². The molecule has 1 fully saturated rings. The van der Waals surface area contributed by atoms with Crippen LogP contribution < -0.4 is 0 Å². The van der Waals surface area contributed by atoms with Crippen molar-refractivity contribution in [2.24, 2.45) is 5.92 Å². The van der Waals surface area contributed by atoms with Gasteiger partial charge in [-0.05, 0) is 25.8 Å². The molecule has 0 radical (unpaired) electrons. The Labute approximate surface area is 127 Å². The van der Waals surface area contributed by atoms with Crippen molar-refractivity contribution < 1.29 is 4.79 Å². The van der Waals surface area contributed by atoms with Crippen LogP contribution in [0, 0.1) is 19.8 Å². The Morgan fingerprint density at radius 2 is 1.86 bits per heavy atom. The summed E-state index contributed by atoms with van der Waals surface area (Å²) in [5.41, 5.74) is 2.30. The molecule has 2 rings (SSSR count). The lowest BCUT2D eigenvalue weighted by Crippen LogP contribution is -2.49. The summed E-state index contributed by atoms with van der Waals surface area (Å²) < 4.78 is 2.08. The minimum absolute atomic E-state index is 0.309. The van der Waals surface area contributed by atoms with Gasteiger partial charge in [0.15, 0.2) is 0 Å². The van der Waals surface area contributed by atoms with Gasteiger partial charge in [0, 0.05) is 44.8 Å². The van der Waals surface area contributed by atoms with Gasteiger partial charge in [-0.15, -0.1) is 0 Å². The second-order valence-corrected chi connectivity index (χ2v) is 6.47. The number of carbonyl (C=O) groups is 1. The number of hydrogen-bond donors (Lipinski definition) is 0. The monoisotopic (exact) mass is 292 g/mol. The molecular formula is C16H28N4O. The molecule has 21 heavy (non-hydrogen) atoms. The third-order valence-electron chi connectivity index (χ3n) is 4.04. The average molecular weight is 292 g/mol. The predicted octanol–water partition coefficient (Wildman–Crippen LogP) is 1.69. The zero-order chi connectivity index (χ0) is 15.4. The van der Waals surface area contributed by atoms with E-state index in [1.54, 1.807) is 0 Å². The molecule has 118 valence electrons. The van der Waals surface area contributed by atoms with Crippen LogP contribution in [-0.2, 0) is 11.3 Å². The van der Waals surface area contributed by atoms with E-state index in [9.17, 15) is 4.79 Å². The smallest absolute Gasteiger partial charge is 0.222 e. The van der Waals surface area contributed by atoms with Gasteiger partial charge in [-0.1, -0.05) is 13.8 Å². The minimum Gasteiger partial charge on any atom is -0.340 e. The van der Waals surface area contributed by atoms with Gasteiger partial charge in [-0.3, -0.25) is 14.4 Å². The third-order valence-corrected chi connectivity index (χ3v) is 4.04. The number of nitrogens with zero attached hydrogens (tertiary/aromatic N) is 4. The van der Waals surface area contributed by atoms with Crippen molar-refractivity contribution in [2.75, 3.05) is 32.7 Å². The second kappa shape index (κ2) is 7.07. The summed E-state index contributed by atoms with van der Waals surface area (Å²) in [6, 6.07) is 2.11. The highest BCUT2D eigenvalue weighted by atomic mass is 16.2. The van der Waals surface area contributed by atoms with Crippen molar-refractivity contribution in [3.05, 3.63) is 17.5 Å². The highest BCUT2D eigenvalue weighted by molar-refractivity contribution is 5.76. The van der Waals surface area contributed by atoms with Gasteiger partial charge in [-0.25, -0.2) is 0 Å². The van der Waals surface area contributed by atoms with Crippen molar-refractivity contribution in [2.45, 2.75) is 40.7 Å². The van der Waals surface area contributed by atoms with Crippen molar-refractivity contribution in [3.8, 4) is 0 Å². The van der Waals surface area contributed by atoms with E-state index in [1.165, 1.54) is 5.69 Å². The van der Waals surface area contributed by atoms with Crippen LogP contribution in [0.1, 0.15) is 31.7 Å². The van der Waals surface area contributed by atoms with Gasteiger partial charge >= 0.3 is 0 Å². The van der Waals surface area contributed by atoms with Crippen molar-refractivity contribution >= 4 is 5.91 Å². The zero-order valence-corrected chi connectivity index (χ0v) is 13.8. The number of aryl methyl sites for hydroxylation is 2. The van der Waals surface area contributed by atoms with Gasteiger partial charge in [0.1, 0.15) is 0 Å². The maximum atomic E-state index is 12.0. The van der Waals surface area contributed by atoms with Crippen molar-refractivity contribution in [1.82, 2.24) is 19.6 Å². The average Bonchev–Trinajstić information content (AvgIpc) is 2.74. The molecular weight excluding hydrogens is 264 g/mol. The molecule has 1 aromatic heterocycles. The predicted molar refractivity (Wildman–Crippen MR) is 84.2 cm³/mol. The summed E-state index contributed by atoms with van der Waals surface area (Å²) in [6.07, 6.45) is 0.672. The Morgan fingerprint density at radius 3 is 2.38 bits per heavy atom. The van der Waals surface area contributed by atoms with E-state index in [-0.39, 0.29) is 0 Å². The fraction of sp³-hybridized carbons (Fsp3) is 0.750. The molecule has 1 aromatic rings. The molecule has 0 bridgehead atoms. The summed E-state index contributed by atoms with van der Waals surface area (Å²) in [5.74, 6) is 0.754. The highest BCUT2D eigenvalue weighted by Gasteiger charge is 2.21. The van der Waals surface area contributed by atoms with E-state index in [0.717, 1.165) is 45.0 Å². The normalized spacial score (nSPS) is 16.7. The van der Waals surface area contributed by atoms with Crippen LogP contribution >= 0.6 is 0 Å². The standard InChI is InChI=1S/C16H28N4O/c1-13(2)11-16(21)19-8-5-18(6-9-19)7-10-20-15(4)12-14(3)17-20/h12-13H,5-11H2,1-4H3. The molecule has 0 spiro atoms. The highest BCUT2D eigenvalue weighted by Crippen LogP contribution is 2.09. The Balaban J connectivity index is 1.74. The fourth-order valence-corrected chi connectivity index (χ4v) is 2.84. The molecule has 0 aromatic carbocycles. The van der Waals surface area contributed by atoms with E-state index >= 15 is 0 Å². The van der Waals surface area contributed by atoms with E-state index in [4.69, 9.17) is 0 Å². The minimum atomic E-state index is 0.309. The third kappa shape index (κ3) is 4.56. The summed E-state index contributed by atoms with van der Waals surface area (Å²) in [6.45, 7) is 13.9. The lowest BCUT2D eigenvalue weighted by Gasteiger charge is -2.35. The lowest BCUT2D eigenvalue weighted by molar-refractivity contribution is -0.133. The Morgan fingerprint density at radius 1 is 1.19 bits per heavy atom. The molecule has 0 N–H and O–H groups in total. The van der Waals surface area contributed by atoms with Crippen molar-refractivity contribution in [3.63, 3.8) is 0 Å². The van der Waals surface area contributed by atoms with E-state index in [1.807, 2.05) is 11.8 Å². The van der Waals surface area contributed by atoms with E-state index in [2.05, 4.69) is 41.5 Å². The van der Waals surface area contributed by atoms with Gasteiger partial charge in [0.2, 0.25) is 5.91 Å². The second-order valence-electron chi connectivity index (χ2n) is 6.47. The molecule has 0 atom stereocenters. The first-order valence-corrected chi connectivity index (χ1v) is 7.97. The molecule has 0 saturated carbocycles. The number of aromatic nitrogens is 2. The summed E-state index contributed by atoms with van der Waals surface area (Å²) in [7, 11) is 0. The van der Waals surface area contributed by atoms with Crippen LogP contribution in [0.5, 0.6) is 0 Å². The maximum absolute atomic E-state index is 12.0. The molecule has 1 saturated heterocycles. The van der Waals surface area contributed by atoms with Crippen LogP contribution in [0.15, 0.2) is 6.07 Å². The first-order chi connectivity index (χ1) is 9.95.